The number of aromatic nitrogens is 2. The van der Waals surface area contributed by atoms with E-state index in [1.807, 2.05) is 35.8 Å². The second-order valence-corrected chi connectivity index (χ2v) is 6.18. The fourth-order valence-electron chi connectivity index (χ4n) is 2.72. The molecule has 1 amide bonds. The van der Waals surface area contributed by atoms with Gasteiger partial charge in [0.1, 0.15) is 5.69 Å². The van der Waals surface area contributed by atoms with E-state index in [-0.39, 0.29) is 12.6 Å². The highest BCUT2D eigenvalue weighted by Crippen LogP contribution is 2.25. The lowest BCUT2D eigenvalue weighted by Crippen LogP contribution is -2.27. The number of carbonyl (C=O) groups is 1. The Morgan fingerprint density at radius 2 is 2.36 bits per heavy atom. The molecule has 22 heavy (non-hydrogen) atoms. The van der Waals surface area contributed by atoms with Crippen molar-refractivity contribution in [2.45, 2.75) is 26.1 Å². The number of nitrogens with zero attached hydrogens (tertiary/aromatic N) is 3. The summed E-state index contributed by atoms with van der Waals surface area (Å²) >= 11 is 3.40. The first-order valence-electron chi connectivity index (χ1n) is 7.11. The standard InChI is InChI=1S/C15H14BBrN4O/c1-10-3-2-4-11(7-10)19-14(22)13-12-8-16(9-18)5-6-21(12)15(17)20-13/h2-4,7H,5-6,8H2,1H3,(H,19,22). The summed E-state index contributed by atoms with van der Waals surface area (Å²) in [5, 5.41) is 12.0. The number of halogens is 1. The van der Waals surface area contributed by atoms with E-state index in [4.69, 9.17) is 5.26 Å². The molecule has 1 aromatic heterocycles. The molecule has 0 bridgehead atoms. The molecule has 0 radical (unpaired) electrons. The Kier molecular flexibility index (Phi) is 4.03. The highest BCUT2D eigenvalue weighted by atomic mass is 79.9. The SMILES string of the molecule is Cc1cccc(NC(=O)c2nc(Br)n3c2CB(C#N)CC3)c1. The Morgan fingerprint density at radius 3 is 3.09 bits per heavy atom. The second-order valence-electron chi connectivity index (χ2n) is 5.47. The highest BCUT2D eigenvalue weighted by molar-refractivity contribution is 9.10. The van der Waals surface area contributed by atoms with Crippen LogP contribution in [0.15, 0.2) is 29.0 Å². The molecule has 0 atom stereocenters. The Morgan fingerprint density at radius 1 is 1.55 bits per heavy atom. The summed E-state index contributed by atoms with van der Waals surface area (Å²) in [5.74, 6) is 2.05. The number of imidazole rings is 1. The lowest BCUT2D eigenvalue weighted by Gasteiger charge is -2.17. The lowest BCUT2D eigenvalue weighted by molar-refractivity contribution is 0.102. The summed E-state index contributed by atoms with van der Waals surface area (Å²) in [7, 11) is 0. The van der Waals surface area contributed by atoms with Crippen LogP contribution in [0.3, 0.4) is 0 Å². The molecule has 1 N–H and O–H groups in total. The van der Waals surface area contributed by atoms with Crippen molar-refractivity contribution < 1.29 is 4.79 Å². The van der Waals surface area contributed by atoms with Gasteiger partial charge < -0.3 is 9.88 Å². The van der Waals surface area contributed by atoms with Crippen LogP contribution >= 0.6 is 15.9 Å². The number of amides is 1. The van der Waals surface area contributed by atoms with Crippen molar-refractivity contribution in [1.29, 1.82) is 5.26 Å². The molecule has 0 aliphatic carbocycles. The number of nitrogens with one attached hydrogen (secondary N) is 1. The van der Waals surface area contributed by atoms with Gasteiger partial charge in [0, 0.05) is 23.9 Å². The normalized spacial score (nSPS) is 13.4. The first-order chi connectivity index (χ1) is 10.6. The molecule has 0 saturated carbocycles. The Labute approximate surface area is 137 Å². The molecule has 0 saturated heterocycles. The van der Waals surface area contributed by atoms with Crippen LogP contribution in [-0.4, -0.2) is 22.2 Å². The van der Waals surface area contributed by atoms with Gasteiger partial charge in [0.15, 0.2) is 4.73 Å². The first kappa shape index (κ1) is 14.9. The Balaban J connectivity index is 1.89. The number of carbonyl (C=O) groups excluding carboxylic acids is 1. The average Bonchev–Trinajstić information content (AvgIpc) is 2.84. The molecule has 2 heterocycles. The molecule has 0 fully saturated rings. The van der Waals surface area contributed by atoms with Gasteiger partial charge in [-0.25, -0.2) is 10.2 Å². The molecule has 1 aliphatic heterocycles. The minimum atomic E-state index is -0.237. The van der Waals surface area contributed by atoms with Gasteiger partial charge in [-0.3, -0.25) is 4.79 Å². The van der Waals surface area contributed by atoms with Gasteiger partial charge in [-0.2, -0.15) is 0 Å². The van der Waals surface area contributed by atoms with Gasteiger partial charge in [0.2, 0.25) is 0 Å². The number of hydrogen-bond acceptors (Lipinski definition) is 3. The zero-order valence-corrected chi connectivity index (χ0v) is 13.7. The molecule has 7 heteroatoms. The summed E-state index contributed by atoms with van der Waals surface area (Å²) < 4.78 is 2.62. The molecular weight excluding hydrogens is 343 g/mol. The maximum Gasteiger partial charge on any atom is 0.276 e. The van der Waals surface area contributed by atoms with Gasteiger partial charge in [-0.15, -0.1) is 0 Å². The molecule has 110 valence electrons. The fourth-order valence-corrected chi connectivity index (χ4v) is 3.28. The van der Waals surface area contributed by atoms with Crippen LogP contribution in [-0.2, 0) is 12.9 Å². The molecule has 0 spiro atoms. The Hall–Kier alpha value is -2.07. The second kappa shape index (κ2) is 5.97. The van der Waals surface area contributed by atoms with E-state index in [0.717, 1.165) is 23.3 Å². The third-order valence-electron chi connectivity index (χ3n) is 3.84. The van der Waals surface area contributed by atoms with Crippen molar-refractivity contribution in [3.8, 4) is 5.97 Å². The molecule has 1 aliphatic rings. The molecular formula is C15H14BBrN4O. The van der Waals surface area contributed by atoms with Gasteiger partial charge in [0.05, 0.1) is 0 Å². The number of rotatable bonds is 2. The van der Waals surface area contributed by atoms with Crippen molar-refractivity contribution in [3.05, 3.63) is 46.0 Å². The van der Waals surface area contributed by atoms with E-state index < -0.39 is 0 Å². The summed E-state index contributed by atoms with van der Waals surface area (Å²) in [6.45, 7) is 2.63. The van der Waals surface area contributed by atoms with Gasteiger partial charge in [-0.1, -0.05) is 12.1 Å². The first-order valence-corrected chi connectivity index (χ1v) is 7.90. The number of benzene rings is 1. The average molecular weight is 357 g/mol. The third-order valence-corrected chi connectivity index (χ3v) is 4.45. The van der Waals surface area contributed by atoms with Crippen molar-refractivity contribution in [1.82, 2.24) is 9.55 Å². The zero-order valence-electron chi connectivity index (χ0n) is 12.1. The van der Waals surface area contributed by atoms with E-state index >= 15 is 0 Å². The quantitative estimate of drug-likeness (QED) is 0.841. The Bertz CT molecular complexity index is 780. The van der Waals surface area contributed by atoms with Gasteiger partial charge >= 0.3 is 0 Å². The number of hydrogen-bond donors (Lipinski definition) is 1. The predicted molar refractivity (Wildman–Crippen MR) is 88.9 cm³/mol. The monoisotopic (exact) mass is 356 g/mol. The van der Waals surface area contributed by atoms with Crippen molar-refractivity contribution in [3.63, 3.8) is 0 Å². The molecule has 5 nitrogen and oxygen atoms in total. The van der Waals surface area contributed by atoms with Crippen LogP contribution in [0.1, 0.15) is 21.7 Å². The topological polar surface area (TPSA) is 70.7 Å². The minimum absolute atomic E-state index is 0.0541. The largest absolute Gasteiger partial charge is 0.323 e. The molecule has 3 rings (SSSR count). The molecule has 0 unspecified atom stereocenters. The van der Waals surface area contributed by atoms with E-state index in [1.54, 1.807) is 0 Å². The minimum Gasteiger partial charge on any atom is -0.323 e. The summed E-state index contributed by atoms with van der Waals surface area (Å²) in [6.07, 6.45) is 1.35. The van der Waals surface area contributed by atoms with Crippen LogP contribution in [0.4, 0.5) is 5.69 Å². The summed E-state index contributed by atoms with van der Waals surface area (Å²) in [5.41, 5.74) is 3.05. The maximum atomic E-state index is 12.5. The number of aryl methyl sites for hydroxylation is 1. The van der Waals surface area contributed by atoms with Gasteiger partial charge in [0.25, 0.3) is 12.6 Å². The van der Waals surface area contributed by atoms with Crippen LogP contribution in [0.2, 0.25) is 6.32 Å². The maximum absolute atomic E-state index is 12.5. The molecule has 2 aromatic rings. The van der Waals surface area contributed by atoms with Crippen molar-refractivity contribution >= 4 is 34.2 Å². The van der Waals surface area contributed by atoms with Crippen LogP contribution in [0, 0.1) is 18.2 Å². The van der Waals surface area contributed by atoms with Crippen molar-refractivity contribution in [2.75, 3.05) is 5.32 Å². The van der Waals surface area contributed by atoms with E-state index in [0.29, 0.717) is 23.3 Å². The number of nitriles is 1. The number of anilines is 1. The van der Waals surface area contributed by atoms with Gasteiger partial charge in [-0.05, 0) is 53.2 Å². The summed E-state index contributed by atoms with van der Waals surface area (Å²) in [6, 6.07) is 7.63. The van der Waals surface area contributed by atoms with Crippen LogP contribution < -0.4 is 5.32 Å². The number of fused-ring (bicyclic) bond motifs is 1. The smallest absolute Gasteiger partial charge is 0.276 e. The highest BCUT2D eigenvalue weighted by Gasteiger charge is 2.30. The lowest BCUT2D eigenvalue weighted by atomic mass is 9.45. The molecule has 1 aromatic carbocycles. The van der Waals surface area contributed by atoms with E-state index in [1.165, 1.54) is 0 Å². The predicted octanol–water partition coefficient (Wildman–Crippen LogP) is 2.86. The fraction of sp³-hybridized carbons (Fsp3) is 0.267. The van der Waals surface area contributed by atoms with E-state index in [9.17, 15) is 4.79 Å². The van der Waals surface area contributed by atoms with Crippen molar-refractivity contribution in [2.24, 2.45) is 0 Å². The van der Waals surface area contributed by atoms with Crippen LogP contribution in [0.25, 0.3) is 0 Å². The summed E-state index contributed by atoms with van der Waals surface area (Å²) in [4.78, 5) is 16.9. The van der Waals surface area contributed by atoms with Crippen LogP contribution in [0.5, 0.6) is 0 Å². The third kappa shape index (κ3) is 2.79. The zero-order chi connectivity index (χ0) is 15.7. The van der Waals surface area contributed by atoms with E-state index in [2.05, 4.69) is 32.2 Å².